The summed E-state index contributed by atoms with van der Waals surface area (Å²) in [6.07, 6.45) is 8.21. The zero-order valence-electron chi connectivity index (χ0n) is 15.3. The summed E-state index contributed by atoms with van der Waals surface area (Å²) in [4.78, 5) is 18.8. The Bertz CT molecular complexity index is 694. The van der Waals surface area contributed by atoms with Crippen LogP contribution < -0.4 is 10.2 Å². The summed E-state index contributed by atoms with van der Waals surface area (Å²) in [6, 6.07) is 4.07. The number of amides is 1. The number of nitrogens with zero attached hydrogens (tertiary/aromatic N) is 3. The molecule has 8 heteroatoms. The number of anilines is 1. The fourth-order valence-corrected chi connectivity index (χ4v) is 4.66. The van der Waals surface area contributed by atoms with E-state index in [1.165, 1.54) is 16.2 Å². The molecule has 0 bridgehead atoms. The van der Waals surface area contributed by atoms with Gasteiger partial charge in [-0.2, -0.15) is 0 Å². The van der Waals surface area contributed by atoms with Gasteiger partial charge in [-0.1, -0.05) is 0 Å². The molecule has 1 aromatic rings. The SMILES string of the molecule is CS(=O)(=O)N1CCC(C(=O)NCC2CCN(c3ccncc3)CC2)CC1. The Labute approximate surface area is 155 Å². The number of pyridine rings is 1. The largest absolute Gasteiger partial charge is 0.371 e. The number of aromatic nitrogens is 1. The maximum absolute atomic E-state index is 12.4. The number of hydrogen-bond acceptors (Lipinski definition) is 5. The highest BCUT2D eigenvalue weighted by atomic mass is 32.2. The fraction of sp³-hybridized carbons (Fsp3) is 0.667. The standard InChI is InChI=1S/C18H28N4O3S/c1-26(24,25)22-12-6-16(7-13-22)18(23)20-14-15-4-10-21(11-5-15)17-2-8-19-9-3-17/h2-3,8-9,15-16H,4-7,10-14H2,1H3,(H,20,23). The molecule has 0 spiro atoms. The Morgan fingerprint density at radius 3 is 2.31 bits per heavy atom. The molecule has 1 amide bonds. The molecule has 3 rings (SSSR count). The number of carbonyl (C=O) groups excluding carboxylic acids is 1. The predicted molar refractivity (Wildman–Crippen MR) is 101 cm³/mol. The Morgan fingerprint density at radius 2 is 1.73 bits per heavy atom. The highest BCUT2D eigenvalue weighted by molar-refractivity contribution is 7.88. The van der Waals surface area contributed by atoms with E-state index in [4.69, 9.17) is 0 Å². The van der Waals surface area contributed by atoms with Gasteiger partial charge in [0.2, 0.25) is 15.9 Å². The second-order valence-corrected chi connectivity index (χ2v) is 9.30. The molecule has 0 aromatic carbocycles. The molecule has 2 saturated heterocycles. The van der Waals surface area contributed by atoms with Crippen molar-refractivity contribution in [2.24, 2.45) is 11.8 Å². The minimum Gasteiger partial charge on any atom is -0.371 e. The molecule has 1 N–H and O–H groups in total. The van der Waals surface area contributed by atoms with Crippen LogP contribution in [0.4, 0.5) is 5.69 Å². The predicted octanol–water partition coefficient (Wildman–Crippen LogP) is 1.09. The van der Waals surface area contributed by atoms with E-state index in [9.17, 15) is 13.2 Å². The van der Waals surface area contributed by atoms with Gasteiger partial charge in [0.15, 0.2) is 0 Å². The maximum Gasteiger partial charge on any atom is 0.223 e. The van der Waals surface area contributed by atoms with Gasteiger partial charge in [-0.15, -0.1) is 0 Å². The topological polar surface area (TPSA) is 82.6 Å². The van der Waals surface area contributed by atoms with Gasteiger partial charge < -0.3 is 10.2 Å². The molecular weight excluding hydrogens is 352 g/mol. The lowest BCUT2D eigenvalue weighted by molar-refractivity contribution is -0.126. The van der Waals surface area contributed by atoms with Crippen LogP contribution in [0.1, 0.15) is 25.7 Å². The van der Waals surface area contributed by atoms with Gasteiger partial charge in [0, 0.05) is 56.7 Å². The first-order valence-corrected chi connectivity index (χ1v) is 11.2. The first-order valence-electron chi connectivity index (χ1n) is 9.31. The molecular formula is C18H28N4O3S. The van der Waals surface area contributed by atoms with Crippen LogP contribution in [0.25, 0.3) is 0 Å². The molecule has 0 saturated carbocycles. The third-order valence-electron chi connectivity index (χ3n) is 5.50. The zero-order valence-corrected chi connectivity index (χ0v) is 16.1. The highest BCUT2D eigenvalue weighted by Gasteiger charge is 2.29. The molecule has 3 heterocycles. The van der Waals surface area contributed by atoms with Gasteiger partial charge in [-0.25, -0.2) is 12.7 Å². The molecule has 144 valence electrons. The monoisotopic (exact) mass is 380 g/mol. The second kappa shape index (κ2) is 8.35. The Balaban J connectivity index is 1.38. The maximum atomic E-state index is 12.4. The van der Waals surface area contributed by atoms with Crippen molar-refractivity contribution in [2.75, 3.05) is 43.9 Å². The number of carbonyl (C=O) groups is 1. The van der Waals surface area contributed by atoms with Gasteiger partial charge in [0.25, 0.3) is 0 Å². The molecule has 0 aliphatic carbocycles. The van der Waals surface area contributed by atoms with Gasteiger partial charge in [0.1, 0.15) is 0 Å². The first-order chi connectivity index (χ1) is 12.4. The van der Waals surface area contributed by atoms with E-state index in [1.807, 2.05) is 24.5 Å². The van der Waals surface area contributed by atoms with Crippen LogP contribution in [0.3, 0.4) is 0 Å². The molecule has 2 aliphatic heterocycles. The third-order valence-corrected chi connectivity index (χ3v) is 6.80. The van der Waals surface area contributed by atoms with E-state index >= 15 is 0 Å². The van der Waals surface area contributed by atoms with Crippen LogP contribution in [-0.2, 0) is 14.8 Å². The smallest absolute Gasteiger partial charge is 0.223 e. The number of hydrogen-bond donors (Lipinski definition) is 1. The lowest BCUT2D eigenvalue weighted by Gasteiger charge is -2.34. The molecule has 26 heavy (non-hydrogen) atoms. The van der Waals surface area contributed by atoms with E-state index in [0.29, 0.717) is 31.8 Å². The van der Waals surface area contributed by atoms with Gasteiger partial charge >= 0.3 is 0 Å². The van der Waals surface area contributed by atoms with Crippen molar-refractivity contribution < 1.29 is 13.2 Å². The van der Waals surface area contributed by atoms with Gasteiger partial charge in [-0.05, 0) is 43.7 Å². The van der Waals surface area contributed by atoms with E-state index in [1.54, 1.807) is 0 Å². The normalized spacial score (nSPS) is 20.9. The molecule has 2 aliphatic rings. The minimum atomic E-state index is -3.14. The van der Waals surface area contributed by atoms with Crippen LogP contribution in [-0.4, -0.2) is 62.6 Å². The zero-order chi connectivity index (χ0) is 18.6. The summed E-state index contributed by atoms with van der Waals surface area (Å²) < 4.78 is 24.5. The Kier molecular flexibility index (Phi) is 6.13. The Morgan fingerprint density at radius 1 is 1.12 bits per heavy atom. The van der Waals surface area contributed by atoms with Crippen molar-refractivity contribution >= 4 is 21.6 Å². The summed E-state index contributed by atoms with van der Waals surface area (Å²) in [7, 11) is -3.14. The number of sulfonamides is 1. The second-order valence-electron chi connectivity index (χ2n) is 7.32. The van der Waals surface area contributed by atoms with Crippen molar-refractivity contribution in [3.05, 3.63) is 24.5 Å². The summed E-state index contributed by atoms with van der Waals surface area (Å²) in [5.41, 5.74) is 1.21. The number of nitrogens with one attached hydrogen (secondary N) is 1. The van der Waals surface area contributed by atoms with Gasteiger partial charge in [-0.3, -0.25) is 9.78 Å². The van der Waals surface area contributed by atoms with Crippen LogP contribution >= 0.6 is 0 Å². The van der Waals surface area contributed by atoms with Crippen molar-refractivity contribution in [1.29, 1.82) is 0 Å². The van der Waals surface area contributed by atoms with Crippen LogP contribution in [0.2, 0.25) is 0 Å². The molecule has 2 fully saturated rings. The van der Waals surface area contributed by atoms with Crippen molar-refractivity contribution in [3.63, 3.8) is 0 Å². The van der Waals surface area contributed by atoms with Crippen molar-refractivity contribution in [3.8, 4) is 0 Å². The number of piperidine rings is 2. The van der Waals surface area contributed by atoms with Crippen molar-refractivity contribution in [2.45, 2.75) is 25.7 Å². The molecule has 7 nitrogen and oxygen atoms in total. The highest BCUT2D eigenvalue weighted by Crippen LogP contribution is 2.23. The lowest BCUT2D eigenvalue weighted by Crippen LogP contribution is -2.44. The quantitative estimate of drug-likeness (QED) is 0.827. The summed E-state index contributed by atoms with van der Waals surface area (Å²) >= 11 is 0. The van der Waals surface area contributed by atoms with Gasteiger partial charge in [0.05, 0.1) is 6.26 Å². The average molecular weight is 381 g/mol. The van der Waals surface area contributed by atoms with Crippen LogP contribution in [0, 0.1) is 11.8 Å². The Hall–Kier alpha value is -1.67. The molecule has 0 atom stereocenters. The third kappa shape index (κ3) is 4.94. The minimum absolute atomic E-state index is 0.0649. The van der Waals surface area contributed by atoms with E-state index in [0.717, 1.165) is 32.5 Å². The van der Waals surface area contributed by atoms with E-state index < -0.39 is 10.0 Å². The van der Waals surface area contributed by atoms with E-state index in [-0.39, 0.29) is 11.8 Å². The summed E-state index contributed by atoms with van der Waals surface area (Å²) in [5.74, 6) is 0.521. The van der Waals surface area contributed by atoms with Crippen LogP contribution in [0.15, 0.2) is 24.5 Å². The average Bonchev–Trinajstić information content (AvgIpc) is 2.66. The first kappa shape index (κ1) is 19.1. The molecule has 1 aromatic heterocycles. The summed E-state index contributed by atoms with van der Waals surface area (Å²) in [5, 5.41) is 3.09. The fourth-order valence-electron chi connectivity index (χ4n) is 3.79. The molecule has 0 unspecified atom stereocenters. The number of rotatable bonds is 5. The lowest BCUT2D eigenvalue weighted by atomic mass is 9.94. The van der Waals surface area contributed by atoms with E-state index in [2.05, 4.69) is 15.2 Å². The molecule has 0 radical (unpaired) electrons. The summed E-state index contributed by atoms with van der Waals surface area (Å²) in [6.45, 7) is 3.60. The van der Waals surface area contributed by atoms with Crippen LogP contribution in [0.5, 0.6) is 0 Å². The van der Waals surface area contributed by atoms with Crippen molar-refractivity contribution in [1.82, 2.24) is 14.6 Å².